The van der Waals surface area contributed by atoms with Gasteiger partial charge in [-0.3, -0.25) is 0 Å². The fourth-order valence-electron chi connectivity index (χ4n) is 10.4. The highest BCUT2D eigenvalue weighted by Gasteiger charge is 2.59. The normalized spacial score (nSPS) is 13.4. The topological polar surface area (TPSA) is 6.48 Å². The lowest BCUT2D eigenvalue weighted by molar-refractivity contribution is 0.956. The van der Waals surface area contributed by atoms with E-state index < -0.39 is 16.1 Å². The Labute approximate surface area is 341 Å². The quantitative estimate of drug-likeness (QED) is 0.142. The SMILES string of the molecule is Cc1ccccc1N(c1ccccc1)c1ccc2cc3c(cc2c1)C([Si](C)(C)C)([Si](C)(C)C)c1cc2cc(N(c4ccccc4)c4ccccc4C)ccc2cc1-3. The lowest BCUT2D eigenvalue weighted by Gasteiger charge is -2.51. The van der Waals surface area contributed by atoms with Gasteiger partial charge in [-0.15, -0.1) is 0 Å². The van der Waals surface area contributed by atoms with Gasteiger partial charge in [-0.05, 0) is 142 Å². The zero-order chi connectivity index (χ0) is 39.7. The van der Waals surface area contributed by atoms with Crippen molar-refractivity contribution in [3.63, 3.8) is 0 Å². The van der Waals surface area contributed by atoms with Crippen LogP contribution < -0.4 is 9.80 Å². The maximum atomic E-state index is 2.62. The first-order valence-electron chi connectivity index (χ1n) is 20.4. The second kappa shape index (κ2) is 13.8. The Bertz CT molecular complexity index is 2600. The molecular weight excluding hydrogens is 721 g/mol. The number of hydrogen-bond acceptors (Lipinski definition) is 2. The molecule has 8 aromatic carbocycles. The predicted molar refractivity (Wildman–Crippen MR) is 253 cm³/mol. The van der Waals surface area contributed by atoms with Gasteiger partial charge in [0.25, 0.3) is 0 Å². The van der Waals surface area contributed by atoms with Crippen LogP contribution in [0.4, 0.5) is 34.1 Å². The first-order valence-corrected chi connectivity index (χ1v) is 27.4. The first kappa shape index (κ1) is 36.9. The average molecular weight is 773 g/mol. The summed E-state index contributed by atoms with van der Waals surface area (Å²) in [5, 5.41) is 5.18. The summed E-state index contributed by atoms with van der Waals surface area (Å²) in [4.78, 5) is 4.84. The van der Waals surface area contributed by atoms with Gasteiger partial charge in [-0.2, -0.15) is 0 Å². The van der Waals surface area contributed by atoms with E-state index in [1.54, 1.807) is 11.1 Å². The van der Waals surface area contributed by atoms with Gasteiger partial charge in [0.1, 0.15) is 0 Å². The van der Waals surface area contributed by atoms with Gasteiger partial charge in [-0.1, -0.05) is 136 Å². The summed E-state index contributed by atoms with van der Waals surface area (Å²) in [5.41, 5.74) is 15.5. The number of anilines is 6. The van der Waals surface area contributed by atoms with Crippen LogP contribution in [-0.2, 0) is 4.66 Å². The predicted octanol–water partition coefficient (Wildman–Crippen LogP) is 15.6. The summed E-state index contributed by atoms with van der Waals surface area (Å²) in [6.45, 7) is 20.1. The molecule has 282 valence electrons. The van der Waals surface area contributed by atoms with Crippen LogP contribution in [-0.4, -0.2) is 16.1 Å². The van der Waals surface area contributed by atoms with Crippen LogP contribution in [0.2, 0.25) is 39.3 Å². The minimum Gasteiger partial charge on any atom is -0.310 e. The van der Waals surface area contributed by atoms with Crippen LogP contribution in [0.1, 0.15) is 22.3 Å². The molecular formula is C53H52N2Si2. The van der Waals surface area contributed by atoms with Crippen LogP contribution in [0.15, 0.2) is 170 Å². The van der Waals surface area contributed by atoms with Crippen molar-refractivity contribution < 1.29 is 0 Å². The van der Waals surface area contributed by atoms with E-state index in [1.165, 1.54) is 66.5 Å². The molecule has 0 amide bonds. The van der Waals surface area contributed by atoms with Crippen LogP contribution in [0.25, 0.3) is 32.7 Å². The molecule has 0 heterocycles. The summed E-state index contributed by atoms with van der Waals surface area (Å²) in [6, 6.07) is 63.5. The second-order valence-electron chi connectivity index (χ2n) is 18.0. The number of aryl methyl sites for hydroxylation is 2. The minimum atomic E-state index is -1.94. The largest absolute Gasteiger partial charge is 0.310 e. The van der Waals surface area contributed by atoms with Crippen molar-refractivity contribution in [2.24, 2.45) is 0 Å². The van der Waals surface area contributed by atoms with Gasteiger partial charge in [0.05, 0.1) is 16.1 Å². The van der Waals surface area contributed by atoms with Crippen molar-refractivity contribution in [2.45, 2.75) is 57.8 Å². The third kappa shape index (κ3) is 5.97. The highest BCUT2D eigenvalue weighted by molar-refractivity contribution is 6.99. The van der Waals surface area contributed by atoms with Gasteiger partial charge in [0, 0.05) is 38.8 Å². The molecule has 0 spiro atoms. The van der Waals surface area contributed by atoms with Crippen molar-refractivity contribution in [1.29, 1.82) is 0 Å². The molecule has 0 saturated carbocycles. The Morgan fingerprint density at radius 3 is 1.09 bits per heavy atom. The monoisotopic (exact) mass is 772 g/mol. The summed E-state index contributed by atoms with van der Waals surface area (Å²) < 4.78 is 0.00330. The fourth-order valence-corrected chi connectivity index (χ4v) is 23.5. The maximum Gasteiger partial charge on any atom is 0.0579 e. The van der Waals surface area contributed by atoms with E-state index in [1.807, 2.05) is 0 Å². The van der Waals surface area contributed by atoms with E-state index in [2.05, 4.69) is 233 Å². The fraction of sp³-hybridized carbons (Fsp3) is 0.170. The second-order valence-corrected chi connectivity index (χ2v) is 29.0. The number of hydrogen-bond donors (Lipinski definition) is 0. The van der Waals surface area contributed by atoms with Crippen molar-refractivity contribution in [3.05, 3.63) is 192 Å². The lowest BCUT2D eigenvalue weighted by atomic mass is 9.98. The number of fused-ring (bicyclic) bond motifs is 5. The molecule has 2 nitrogen and oxygen atoms in total. The molecule has 0 radical (unpaired) electrons. The van der Waals surface area contributed by atoms with Crippen LogP contribution >= 0.6 is 0 Å². The molecule has 0 atom stereocenters. The van der Waals surface area contributed by atoms with E-state index in [9.17, 15) is 0 Å². The molecule has 0 N–H and O–H groups in total. The summed E-state index contributed by atoms with van der Waals surface area (Å²) in [5.74, 6) is 0. The van der Waals surface area contributed by atoms with Gasteiger partial charge < -0.3 is 9.80 Å². The molecule has 0 aromatic heterocycles. The standard InChI is InChI=1S/C53H52N2Si2/c1-37-19-15-17-25-51(37)54(43-21-11-9-12-22-43)45-29-27-39-33-47-48-34-40-28-30-46(55(44-23-13-10-14-24-44)52-26-18-16-20-38(52)2)32-42(40)36-50(48)53(56(3,4)5,57(6,7)8)49(47)35-41(39)31-45/h9-36H,1-8H3. The molecule has 0 saturated heterocycles. The van der Waals surface area contributed by atoms with Crippen LogP contribution in [0.5, 0.6) is 0 Å². The van der Waals surface area contributed by atoms with E-state index in [4.69, 9.17) is 0 Å². The lowest BCUT2D eigenvalue weighted by Crippen LogP contribution is -2.63. The van der Waals surface area contributed by atoms with Gasteiger partial charge >= 0.3 is 0 Å². The number of nitrogens with zero attached hydrogens (tertiary/aromatic N) is 2. The summed E-state index contributed by atoms with van der Waals surface area (Å²) in [7, 11) is -3.88. The Morgan fingerprint density at radius 1 is 0.351 bits per heavy atom. The number of benzene rings is 8. The van der Waals surface area contributed by atoms with E-state index in [0.29, 0.717) is 0 Å². The van der Waals surface area contributed by atoms with Crippen LogP contribution in [0.3, 0.4) is 0 Å². The molecule has 9 rings (SSSR count). The third-order valence-electron chi connectivity index (χ3n) is 12.5. The molecule has 0 aliphatic heterocycles. The Balaban J connectivity index is 1.26. The smallest absolute Gasteiger partial charge is 0.0579 e. The average Bonchev–Trinajstić information content (AvgIpc) is 3.48. The summed E-state index contributed by atoms with van der Waals surface area (Å²) in [6.07, 6.45) is 0. The highest BCUT2D eigenvalue weighted by Crippen LogP contribution is 2.59. The van der Waals surface area contributed by atoms with Crippen molar-refractivity contribution in [2.75, 3.05) is 9.80 Å². The highest BCUT2D eigenvalue weighted by atomic mass is 28.4. The Kier molecular flexibility index (Phi) is 8.91. The zero-order valence-electron chi connectivity index (χ0n) is 34.6. The van der Waals surface area contributed by atoms with Crippen molar-refractivity contribution in [1.82, 2.24) is 0 Å². The van der Waals surface area contributed by atoms with Gasteiger partial charge in [-0.25, -0.2) is 0 Å². The molecule has 1 aliphatic rings. The zero-order valence-corrected chi connectivity index (χ0v) is 36.6. The molecule has 57 heavy (non-hydrogen) atoms. The third-order valence-corrected chi connectivity index (χ3v) is 22.6. The Hall–Kier alpha value is -5.69. The van der Waals surface area contributed by atoms with Crippen molar-refractivity contribution >= 4 is 71.8 Å². The molecule has 0 unspecified atom stereocenters. The minimum absolute atomic E-state index is 0.00330. The van der Waals surface area contributed by atoms with Crippen LogP contribution in [0, 0.1) is 13.8 Å². The van der Waals surface area contributed by atoms with Crippen molar-refractivity contribution in [3.8, 4) is 11.1 Å². The molecule has 0 fully saturated rings. The Morgan fingerprint density at radius 2 is 0.719 bits per heavy atom. The van der Waals surface area contributed by atoms with Gasteiger partial charge in [0.15, 0.2) is 0 Å². The summed E-state index contributed by atoms with van der Waals surface area (Å²) >= 11 is 0. The molecule has 8 aromatic rings. The number of rotatable bonds is 8. The molecule has 1 aliphatic carbocycles. The van der Waals surface area contributed by atoms with E-state index in [-0.39, 0.29) is 4.66 Å². The maximum absolute atomic E-state index is 2.62. The number of para-hydroxylation sites is 4. The van der Waals surface area contributed by atoms with E-state index in [0.717, 1.165) is 11.4 Å². The first-order chi connectivity index (χ1) is 27.4. The van der Waals surface area contributed by atoms with Gasteiger partial charge in [0.2, 0.25) is 0 Å². The molecule has 0 bridgehead atoms. The molecule has 4 heteroatoms. The van der Waals surface area contributed by atoms with E-state index >= 15 is 0 Å².